The molecule has 0 aliphatic carbocycles. The molecule has 0 aromatic heterocycles. The summed E-state index contributed by atoms with van der Waals surface area (Å²) in [6, 6.07) is 14.1. The Morgan fingerprint density at radius 3 is 2.35 bits per heavy atom. The Balaban J connectivity index is 1.75. The van der Waals surface area contributed by atoms with Crippen LogP contribution < -0.4 is 10.6 Å². The van der Waals surface area contributed by atoms with Crippen molar-refractivity contribution in [1.82, 2.24) is 5.32 Å². The molecule has 0 fully saturated rings. The highest BCUT2D eigenvalue weighted by Crippen LogP contribution is 2.13. The van der Waals surface area contributed by atoms with Crippen molar-refractivity contribution in [3.63, 3.8) is 0 Å². The van der Waals surface area contributed by atoms with Crippen molar-refractivity contribution in [3.05, 3.63) is 58.6 Å². The number of nitrogens with one attached hydrogen (secondary N) is 2. The van der Waals surface area contributed by atoms with Crippen LogP contribution in [0.1, 0.15) is 5.56 Å². The Bertz CT molecular complexity index is 567. The summed E-state index contributed by atoms with van der Waals surface area (Å²) in [5.74, 6) is 0.172. The number of benzene rings is 2. The summed E-state index contributed by atoms with van der Waals surface area (Å²) >= 11 is 3.38. The van der Waals surface area contributed by atoms with Gasteiger partial charge in [-0.3, -0.25) is 0 Å². The summed E-state index contributed by atoms with van der Waals surface area (Å²) < 4.78 is 1.04. The second kappa shape index (κ2) is 6.96. The van der Waals surface area contributed by atoms with Gasteiger partial charge < -0.3 is 15.7 Å². The number of halogens is 1. The minimum absolute atomic E-state index is 0.172. The van der Waals surface area contributed by atoms with Crippen molar-refractivity contribution in [2.24, 2.45) is 0 Å². The molecule has 0 unspecified atom stereocenters. The molecule has 2 aromatic rings. The molecule has 3 N–H and O–H groups in total. The number of carbonyl (C=O) groups is 1. The topological polar surface area (TPSA) is 61.4 Å². The highest BCUT2D eigenvalue weighted by Gasteiger charge is 2.01. The van der Waals surface area contributed by atoms with E-state index in [4.69, 9.17) is 5.11 Å². The fourth-order valence-corrected chi connectivity index (χ4v) is 1.96. The molecule has 0 radical (unpaired) electrons. The molecule has 0 spiro atoms. The predicted octanol–water partition coefficient (Wildman–Crippen LogP) is 3.52. The number of urea groups is 1. The van der Waals surface area contributed by atoms with Crippen LogP contribution in [0.15, 0.2) is 53.0 Å². The molecule has 5 heteroatoms. The highest BCUT2D eigenvalue weighted by atomic mass is 79.9. The highest BCUT2D eigenvalue weighted by molar-refractivity contribution is 9.10. The van der Waals surface area contributed by atoms with Crippen LogP contribution >= 0.6 is 15.9 Å². The van der Waals surface area contributed by atoms with E-state index in [9.17, 15) is 4.79 Å². The Labute approximate surface area is 126 Å². The SMILES string of the molecule is O=C(NCCc1ccc(Br)cc1)Nc1ccc(O)cc1. The molecule has 104 valence electrons. The maximum atomic E-state index is 11.6. The van der Waals surface area contributed by atoms with Gasteiger partial charge in [-0.1, -0.05) is 28.1 Å². The number of anilines is 1. The summed E-state index contributed by atoms with van der Waals surface area (Å²) in [5.41, 5.74) is 1.81. The minimum atomic E-state index is -0.257. The molecule has 0 atom stereocenters. The van der Waals surface area contributed by atoms with Gasteiger partial charge in [-0.2, -0.15) is 0 Å². The normalized spacial score (nSPS) is 10.1. The van der Waals surface area contributed by atoms with E-state index in [2.05, 4.69) is 26.6 Å². The molecule has 4 nitrogen and oxygen atoms in total. The van der Waals surface area contributed by atoms with Crippen molar-refractivity contribution in [2.75, 3.05) is 11.9 Å². The van der Waals surface area contributed by atoms with Gasteiger partial charge >= 0.3 is 6.03 Å². The molecule has 0 aliphatic heterocycles. The number of rotatable bonds is 4. The van der Waals surface area contributed by atoms with Gasteiger partial charge in [0, 0.05) is 16.7 Å². The van der Waals surface area contributed by atoms with Crippen molar-refractivity contribution in [3.8, 4) is 5.75 Å². The Morgan fingerprint density at radius 2 is 1.70 bits per heavy atom. The van der Waals surface area contributed by atoms with Crippen LogP contribution in [0.5, 0.6) is 5.75 Å². The third kappa shape index (κ3) is 4.59. The van der Waals surface area contributed by atoms with E-state index in [0.29, 0.717) is 12.2 Å². The second-order valence-corrected chi connectivity index (χ2v) is 5.22. The zero-order valence-electron chi connectivity index (χ0n) is 10.8. The van der Waals surface area contributed by atoms with Crippen LogP contribution in [-0.2, 0) is 6.42 Å². The Morgan fingerprint density at radius 1 is 1.05 bits per heavy atom. The lowest BCUT2D eigenvalue weighted by atomic mass is 10.1. The summed E-state index contributed by atoms with van der Waals surface area (Å²) in [7, 11) is 0. The van der Waals surface area contributed by atoms with Gasteiger partial charge in [-0.25, -0.2) is 4.79 Å². The van der Waals surface area contributed by atoms with Gasteiger partial charge in [0.05, 0.1) is 0 Å². The lowest BCUT2D eigenvalue weighted by Gasteiger charge is -2.08. The van der Waals surface area contributed by atoms with Crippen LogP contribution in [0.4, 0.5) is 10.5 Å². The van der Waals surface area contributed by atoms with Crippen molar-refractivity contribution in [2.45, 2.75) is 6.42 Å². The average Bonchev–Trinajstić information content (AvgIpc) is 2.44. The second-order valence-electron chi connectivity index (χ2n) is 4.30. The van der Waals surface area contributed by atoms with E-state index in [1.807, 2.05) is 24.3 Å². The van der Waals surface area contributed by atoms with Gasteiger partial charge in [-0.15, -0.1) is 0 Å². The number of hydrogen-bond acceptors (Lipinski definition) is 2. The molecule has 20 heavy (non-hydrogen) atoms. The standard InChI is InChI=1S/C15H15BrN2O2/c16-12-3-1-11(2-4-12)9-10-17-15(20)18-13-5-7-14(19)8-6-13/h1-8,19H,9-10H2,(H2,17,18,20). The molecular weight excluding hydrogens is 320 g/mol. The number of hydrogen-bond donors (Lipinski definition) is 3. The van der Waals surface area contributed by atoms with E-state index in [-0.39, 0.29) is 11.8 Å². The number of aromatic hydroxyl groups is 1. The smallest absolute Gasteiger partial charge is 0.319 e. The maximum Gasteiger partial charge on any atom is 0.319 e. The molecule has 0 heterocycles. The third-order valence-electron chi connectivity index (χ3n) is 2.74. The first kappa shape index (κ1) is 14.4. The Kier molecular flexibility index (Phi) is 5.01. The van der Waals surface area contributed by atoms with E-state index in [1.165, 1.54) is 12.1 Å². The van der Waals surface area contributed by atoms with Crippen molar-refractivity contribution in [1.29, 1.82) is 0 Å². The summed E-state index contributed by atoms with van der Waals surface area (Å²) in [4.78, 5) is 11.6. The maximum absolute atomic E-state index is 11.6. The summed E-state index contributed by atoms with van der Waals surface area (Å²) in [5, 5.41) is 14.6. The zero-order chi connectivity index (χ0) is 14.4. The molecule has 2 aromatic carbocycles. The molecule has 0 saturated heterocycles. The summed E-state index contributed by atoms with van der Waals surface area (Å²) in [6.45, 7) is 0.561. The van der Waals surface area contributed by atoms with Crippen molar-refractivity contribution < 1.29 is 9.90 Å². The van der Waals surface area contributed by atoms with Crippen LogP contribution in [0.2, 0.25) is 0 Å². The van der Waals surface area contributed by atoms with Gasteiger partial charge in [0.15, 0.2) is 0 Å². The quantitative estimate of drug-likeness (QED) is 0.749. The van der Waals surface area contributed by atoms with Gasteiger partial charge in [0.25, 0.3) is 0 Å². The lowest BCUT2D eigenvalue weighted by molar-refractivity contribution is 0.252. The molecule has 0 saturated carbocycles. The third-order valence-corrected chi connectivity index (χ3v) is 3.27. The first-order valence-electron chi connectivity index (χ1n) is 6.22. The summed E-state index contributed by atoms with van der Waals surface area (Å²) in [6.07, 6.45) is 0.774. The lowest BCUT2D eigenvalue weighted by Crippen LogP contribution is -2.30. The zero-order valence-corrected chi connectivity index (χ0v) is 12.4. The molecule has 2 rings (SSSR count). The van der Waals surface area contributed by atoms with E-state index >= 15 is 0 Å². The molecular formula is C15H15BrN2O2. The largest absolute Gasteiger partial charge is 0.508 e. The Hall–Kier alpha value is -2.01. The number of phenolic OH excluding ortho intramolecular Hbond substituents is 1. The van der Waals surface area contributed by atoms with Gasteiger partial charge in [0.1, 0.15) is 5.75 Å². The van der Waals surface area contributed by atoms with E-state index < -0.39 is 0 Å². The molecule has 0 aliphatic rings. The van der Waals surface area contributed by atoms with Crippen LogP contribution in [-0.4, -0.2) is 17.7 Å². The van der Waals surface area contributed by atoms with Gasteiger partial charge in [-0.05, 0) is 48.4 Å². The average molecular weight is 335 g/mol. The van der Waals surface area contributed by atoms with Crippen LogP contribution in [0.25, 0.3) is 0 Å². The minimum Gasteiger partial charge on any atom is -0.508 e. The van der Waals surface area contributed by atoms with E-state index in [0.717, 1.165) is 16.5 Å². The fourth-order valence-electron chi connectivity index (χ4n) is 1.69. The monoisotopic (exact) mass is 334 g/mol. The van der Waals surface area contributed by atoms with E-state index in [1.54, 1.807) is 12.1 Å². The fraction of sp³-hybridized carbons (Fsp3) is 0.133. The van der Waals surface area contributed by atoms with Crippen molar-refractivity contribution >= 4 is 27.6 Å². The number of phenols is 1. The first-order valence-corrected chi connectivity index (χ1v) is 7.01. The predicted molar refractivity (Wildman–Crippen MR) is 83.0 cm³/mol. The number of carbonyl (C=O) groups excluding carboxylic acids is 1. The first-order chi connectivity index (χ1) is 9.63. The molecule has 2 amide bonds. The van der Waals surface area contributed by atoms with Crippen LogP contribution in [0, 0.1) is 0 Å². The molecule has 0 bridgehead atoms. The van der Waals surface area contributed by atoms with Crippen LogP contribution in [0.3, 0.4) is 0 Å². The number of amides is 2. The van der Waals surface area contributed by atoms with Gasteiger partial charge in [0.2, 0.25) is 0 Å².